The molecule has 124 valence electrons. The van der Waals surface area contributed by atoms with Crippen LogP contribution in [-0.2, 0) is 9.53 Å². The molecule has 1 aliphatic heterocycles. The van der Waals surface area contributed by atoms with Crippen LogP contribution in [0.25, 0.3) is 0 Å². The Morgan fingerprint density at radius 3 is 2.64 bits per heavy atom. The fourth-order valence-corrected chi connectivity index (χ4v) is 2.69. The highest BCUT2D eigenvalue weighted by molar-refractivity contribution is 5.85. The molecule has 0 aliphatic carbocycles. The molecule has 2 unspecified atom stereocenters. The lowest BCUT2D eigenvalue weighted by atomic mass is 10.1. The summed E-state index contributed by atoms with van der Waals surface area (Å²) in [7, 11) is 0. The van der Waals surface area contributed by atoms with Crippen LogP contribution in [0, 0.1) is 5.82 Å². The topological polar surface area (TPSA) is 49.8 Å². The molecule has 2 atom stereocenters. The zero-order chi connectivity index (χ0) is 15.2. The number of carboxylic acid groups (broad SMARTS) is 1. The minimum Gasteiger partial charge on any atom is -0.481 e. The number of aliphatic carboxylic acids is 1. The van der Waals surface area contributed by atoms with E-state index in [9.17, 15) is 9.18 Å². The van der Waals surface area contributed by atoms with Gasteiger partial charge in [-0.15, -0.1) is 12.4 Å². The number of halogens is 2. The smallest absolute Gasteiger partial charge is 0.303 e. The molecule has 22 heavy (non-hydrogen) atoms. The van der Waals surface area contributed by atoms with Gasteiger partial charge in [-0.05, 0) is 44.0 Å². The van der Waals surface area contributed by atoms with Crippen molar-refractivity contribution < 1.29 is 19.0 Å². The summed E-state index contributed by atoms with van der Waals surface area (Å²) in [5.41, 5.74) is 0.985. The fraction of sp³-hybridized carbons (Fsp3) is 0.562. The summed E-state index contributed by atoms with van der Waals surface area (Å²) in [5, 5.41) is 8.64. The van der Waals surface area contributed by atoms with Crippen molar-refractivity contribution in [2.75, 3.05) is 19.6 Å². The minimum absolute atomic E-state index is 0. The number of rotatable bonds is 6. The number of carbonyl (C=O) groups is 1. The summed E-state index contributed by atoms with van der Waals surface area (Å²) < 4.78 is 18.9. The van der Waals surface area contributed by atoms with Gasteiger partial charge < -0.3 is 9.84 Å². The Hall–Kier alpha value is -1.17. The number of morpholine rings is 1. The summed E-state index contributed by atoms with van der Waals surface area (Å²) in [6, 6.07) is 6.44. The third-order valence-corrected chi connectivity index (χ3v) is 3.69. The summed E-state index contributed by atoms with van der Waals surface area (Å²) >= 11 is 0. The van der Waals surface area contributed by atoms with Gasteiger partial charge in [0.25, 0.3) is 0 Å². The van der Waals surface area contributed by atoms with E-state index in [2.05, 4.69) is 4.90 Å². The highest BCUT2D eigenvalue weighted by Crippen LogP contribution is 2.25. The predicted octanol–water partition coefficient (Wildman–Crippen LogP) is 3.26. The van der Waals surface area contributed by atoms with Crippen LogP contribution in [0.4, 0.5) is 4.39 Å². The number of ether oxygens (including phenoxy) is 1. The molecular weight excluding hydrogens is 309 g/mol. The monoisotopic (exact) mass is 331 g/mol. The number of carboxylic acids is 1. The number of benzene rings is 1. The number of hydrogen-bond acceptors (Lipinski definition) is 3. The quantitative estimate of drug-likeness (QED) is 0.813. The summed E-state index contributed by atoms with van der Waals surface area (Å²) in [5.74, 6) is -0.984. The van der Waals surface area contributed by atoms with E-state index < -0.39 is 5.97 Å². The largest absolute Gasteiger partial charge is 0.481 e. The number of unbranched alkanes of at least 4 members (excludes halogenated alkanes) is 1. The van der Waals surface area contributed by atoms with Gasteiger partial charge in [-0.25, -0.2) is 4.39 Å². The van der Waals surface area contributed by atoms with Crippen LogP contribution in [-0.4, -0.2) is 41.7 Å². The van der Waals surface area contributed by atoms with Crippen LogP contribution in [0.1, 0.15) is 37.9 Å². The second kappa shape index (κ2) is 9.08. The van der Waals surface area contributed by atoms with Crippen molar-refractivity contribution in [1.82, 2.24) is 4.90 Å². The first-order chi connectivity index (χ1) is 10.0. The molecule has 1 aromatic carbocycles. The van der Waals surface area contributed by atoms with Crippen LogP contribution >= 0.6 is 12.4 Å². The minimum atomic E-state index is -0.741. The van der Waals surface area contributed by atoms with Gasteiger partial charge in [-0.2, -0.15) is 0 Å². The summed E-state index contributed by atoms with van der Waals surface area (Å²) in [6.45, 7) is 4.52. The maximum atomic E-state index is 13.0. The Morgan fingerprint density at radius 2 is 2.00 bits per heavy atom. The van der Waals surface area contributed by atoms with E-state index in [0.29, 0.717) is 6.42 Å². The maximum Gasteiger partial charge on any atom is 0.303 e. The molecule has 0 radical (unpaired) electrons. The van der Waals surface area contributed by atoms with Crippen LogP contribution in [0.3, 0.4) is 0 Å². The van der Waals surface area contributed by atoms with Gasteiger partial charge in [0, 0.05) is 19.5 Å². The fourth-order valence-electron chi connectivity index (χ4n) is 2.69. The van der Waals surface area contributed by atoms with E-state index in [1.807, 2.05) is 6.92 Å². The molecule has 1 heterocycles. The van der Waals surface area contributed by atoms with Crippen molar-refractivity contribution >= 4 is 18.4 Å². The average Bonchev–Trinajstić information content (AvgIpc) is 2.43. The molecule has 0 bridgehead atoms. The zero-order valence-corrected chi connectivity index (χ0v) is 13.5. The standard InChI is InChI=1S/C16H22FNO3.ClH/c1-12-10-18(9-3-2-4-16(19)20)11-15(21-12)13-5-7-14(17)8-6-13;/h5-8,12,15H,2-4,9-11H2,1H3,(H,19,20);1H. The van der Waals surface area contributed by atoms with Gasteiger partial charge in [0.05, 0.1) is 12.2 Å². The Morgan fingerprint density at radius 1 is 1.32 bits per heavy atom. The molecule has 0 spiro atoms. The molecule has 1 aliphatic rings. The zero-order valence-electron chi connectivity index (χ0n) is 12.7. The normalized spacial score (nSPS) is 22.1. The molecule has 1 aromatic rings. The lowest BCUT2D eigenvalue weighted by Gasteiger charge is -2.37. The molecule has 0 amide bonds. The first kappa shape index (κ1) is 18.9. The van der Waals surface area contributed by atoms with Crippen molar-refractivity contribution in [2.45, 2.75) is 38.4 Å². The van der Waals surface area contributed by atoms with Gasteiger partial charge in [-0.1, -0.05) is 12.1 Å². The van der Waals surface area contributed by atoms with Crippen LogP contribution in [0.15, 0.2) is 24.3 Å². The molecular formula is C16H23ClFNO3. The second-order valence-corrected chi connectivity index (χ2v) is 5.60. The predicted molar refractivity (Wildman–Crippen MR) is 84.9 cm³/mol. The van der Waals surface area contributed by atoms with E-state index >= 15 is 0 Å². The van der Waals surface area contributed by atoms with Gasteiger partial charge in [0.1, 0.15) is 5.82 Å². The van der Waals surface area contributed by atoms with Gasteiger partial charge >= 0.3 is 5.97 Å². The van der Waals surface area contributed by atoms with E-state index in [0.717, 1.165) is 31.6 Å². The van der Waals surface area contributed by atoms with Crippen molar-refractivity contribution in [1.29, 1.82) is 0 Å². The highest BCUT2D eigenvalue weighted by atomic mass is 35.5. The maximum absolute atomic E-state index is 13.0. The van der Waals surface area contributed by atoms with Gasteiger partial charge in [0.15, 0.2) is 0 Å². The molecule has 4 nitrogen and oxygen atoms in total. The van der Waals surface area contributed by atoms with Crippen molar-refractivity contribution in [3.05, 3.63) is 35.6 Å². The Labute approximate surface area is 136 Å². The molecule has 0 aromatic heterocycles. The lowest BCUT2D eigenvalue weighted by molar-refractivity contribution is -0.137. The Kier molecular flexibility index (Phi) is 7.79. The van der Waals surface area contributed by atoms with Crippen molar-refractivity contribution in [2.24, 2.45) is 0 Å². The number of hydrogen-bond donors (Lipinski definition) is 1. The van der Waals surface area contributed by atoms with Gasteiger partial charge in [0.2, 0.25) is 0 Å². The average molecular weight is 332 g/mol. The molecule has 1 fully saturated rings. The molecule has 2 rings (SSSR count). The van der Waals surface area contributed by atoms with Crippen LogP contribution < -0.4 is 0 Å². The van der Waals surface area contributed by atoms with E-state index in [-0.39, 0.29) is 36.9 Å². The van der Waals surface area contributed by atoms with E-state index in [4.69, 9.17) is 9.84 Å². The van der Waals surface area contributed by atoms with Crippen LogP contribution in [0.2, 0.25) is 0 Å². The van der Waals surface area contributed by atoms with Gasteiger partial charge in [-0.3, -0.25) is 9.69 Å². The molecule has 1 saturated heterocycles. The first-order valence-electron chi connectivity index (χ1n) is 7.39. The third-order valence-electron chi connectivity index (χ3n) is 3.69. The summed E-state index contributed by atoms with van der Waals surface area (Å²) in [4.78, 5) is 12.8. The van der Waals surface area contributed by atoms with E-state index in [1.54, 1.807) is 12.1 Å². The van der Waals surface area contributed by atoms with Crippen LogP contribution in [0.5, 0.6) is 0 Å². The molecule has 6 heteroatoms. The lowest BCUT2D eigenvalue weighted by Crippen LogP contribution is -2.43. The molecule has 1 N–H and O–H groups in total. The highest BCUT2D eigenvalue weighted by Gasteiger charge is 2.26. The Bertz CT molecular complexity index is 469. The first-order valence-corrected chi connectivity index (χ1v) is 7.39. The SMILES string of the molecule is CC1CN(CCCCC(=O)O)CC(c2ccc(F)cc2)O1.Cl. The molecule has 0 saturated carbocycles. The third kappa shape index (κ3) is 5.91. The summed E-state index contributed by atoms with van der Waals surface area (Å²) in [6.07, 6.45) is 1.86. The van der Waals surface area contributed by atoms with E-state index in [1.165, 1.54) is 12.1 Å². The van der Waals surface area contributed by atoms with Crippen molar-refractivity contribution in [3.8, 4) is 0 Å². The Balaban J connectivity index is 0.00000242. The number of nitrogens with zero attached hydrogens (tertiary/aromatic N) is 1. The second-order valence-electron chi connectivity index (χ2n) is 5.60. The van der Waals surface area contributed by atoms with Crippen molar-refractivity contribution in [3.63, 3.8) is 0 Å².